The molecule has 27 heavy (non-hydrogen) atoms. The predicted octanol–water partition coefficient (Wildman–Crippen LogP) is 2.58. The molecule has 1 saturated heterocycles. The molecule has 0 aliphatic carbocycles. The number of aromatic nitrogens is 1. The molecule has 2 aromatic rings. The van der Waals surface area contributed by atoms with Gasteiger partial charge in [-0.15, -0.1) is 0 Å². The summed E-state index contributed by atoms with van der Waals surface area (Å²) >= 11 is 0. The lowest BCUT2D eigenvalue weighted by molar-refractivity contribution is -0.137. The molecule has 1 fully saturated rings. The minimum absolute atomic E-state index is 0.0284. The quantitative estimate of drug-likeness (QED) is 0.834. The smallest absolute Gasteiger partial charge is 0.416 e. The molecule has 0 saturated carbocycles. The van der Waals surface area contributed by atoms with Crippen LogP contribution in [0.25, 0.3) is 0 Å². The second-order valence-corrected chi connectivity index (χ2v) is 7.96. The van der Waals surface area contributed by atoms with Gasteiger partial charge in [0, 0.05) is 19.3 Å². The van der Waals surface area contributed by atoms with Crippen LogP contribution in [-0.4, -0.2) is 39.6 Å². The highest BCUT2D eigenvalue weighted by atomic mass is 32.2. The SMILES string of the molecule is COc1ccc(C)cc1S(=O)(=O)NC1CN(c2cc(C(F)(F)F)ccn2)C1. The number of methoxy groups -OCH3 is 1. The molecule has 0 unspecified atom stereocenters. The van der Waals surface area contributed by atoms with Crippen LogP contribution < -0.4 is 14.4 Å². The zero-order valence-corrected chi connectivity index (χ0v) is 15.4. The number of aryl methyl sites for hydroxylation is 1. The molecular weight excluding hydrogens is 383 g/mol. The van der Waals surface area contributed by atoms with Crippen molar-refractivity contribution in [2.45, 2.75) is 24.0 Å². The molecule has 3 rings (SSSR count). The number of nitrogens with zero attached hydrogens (tertiary/aromatic N) is 2. The first kappa shape index (κ1) is 19.4. The Kier molecular flexibility index (Phi) is 5.04. The minimum Gasteiger partial charge on any atom is -0.495 e. The van der Waals surface area contributed by atoms with Gasteiger partial charge in [0.25, 0.3) is 0 Å². The van der Waals surface area contributed by atoms with Crippen molar-refractivity contribution in [3.8, 4) is 5.75 Å². The summed E-state index contributed by atoms with van der Waals surface area (Å²) in [6.45, 7) is 2.21. The Bertz CT molecular complexity index is 942. The van der Waals surface area contributed by atoms with E-state index in [9.17, 15) is 21.6 Å². The van der Waals surface area contributed by atoms with Gasteiger partial charge in [-0.3, -0.25) is 0 Å². The van der Waals surface area contributed by atoms with Crippen LogP contribution in [0.15, 0.2) is 41.4 Å². The molecule has 1 N–H and O–H groups in total. The first-order valence-electron chi connectivity index (χ1n) is 8.05. The predicted molar refractivity (Wildman–Crippen MR) is 93.3 cm³/mol. The Labute approximate surface area is 155 Å². The van der Waals surface area contributed by atoms with Crippen LogP contribution in [0, 0.1) is 6.92 Å². The molecule has 1 aliphatic rings. The average molecular weight is 401 g/mol. The van der Waals surface area contributed by atoms with Crippen molar-refractivity contribution in [1.29, 1.82) is 0 Å². The number of alkyl halides is 3. The van der Waals surface area contributed by atoms with Crippen molar-refractivity contribution in [3.05, 3.63) is 47.7 Å². The van der Waals surface area contributed by atoms with Gasteiger partial charge in [-0.25, -0.2) is 18.1 Å². The number of halogens is 3. The van der Waals surface area contributed by atoms with Crippen LogP contribution in [0.2, 0.25) is 0 Å². The van der Waals surface area contributed by atoms with Crippen LogP contribution in [0.1, 0.15) is 11.1 Å². The van der Waals surface area contributed by atoms with E-state index in [0.29, 0.717) is 0 Å². The van der Waals surface area contributed by atoms with E-state index in [1.807, 2.05) is 0 Å². The number of benzene rings is 1. The minimum atomic E-state index is -4.45. The van der Waals surface area contributed by atoms with E-state index in [1.54, 1.807) is 24.0 Å². The molecule has 1 aromatic heterocycles. The Morgan fingerprint density at radius 3 is 2.56 bits per heavy atom. The van der Waals surface area contributed by atoms with E-state index < -0.39 is 27.8 Å². The van der Waals surface area contributed by atoms with Gasteiger partial charge in [0.15, 0.2) is 0 Å². The van der Waals surface area contributed by atoms with Gasteiger partial charge in [-0.05, 0) is 36.8 Å². The van der Waals surface area contributed by atoms with Gasteiger partial charge in [0.1, 0.15) is 16.5 Å². The molecule has 146 valence electrons. The number of anilines is 1. The normalized spacial score (nSPS) is 15.5. The molecule has 6 nitrogen and oxygen atoms in total. The lowest BCUT2D eigenvalue weighted by Gasteiger charge is -2.40. The molecule has 0 bridgehead atoms. The Hall–Kier alpha value is -2.33. The van der Waals surface area contributed by atoms with E-state index in [4.69, 9.17) is 4.74 Å². The third-order valence-corrected chi connectivity index (χ3v) is 5.75. The van der Waals surface area contributed by atoms with Gasteiger partial charge in [0.2, 0.25) is 10.0 Å². The zero-order valence-electron chi connectivity index (χ0n) is 14.6. The number of rotatable bonds is 5. The van der Waals surface area contributed by atoms with E-state index in [1.165, 1.54) is 13.2 Å². The van der Waals surface area contributed by atoms with Gasteiger partial charge >= 0.3 is 6.18 Å². The number of nitrogens with one attached hydrogen (secondary N) is 1. The Morgan fingerprint density at radius 1 is 1.22 bits per heavy atom. The third kappa shape index (κ3) is 4.16. The lowest BCUT2D eigenvalue weighted by atomic mass is 10.1. The fourth-order valence-corrected chi connectivity index (χ4v) is 4.26. The van der Waals surface area contributed by atoms with Crippen molar-refractivity contribution in [2.75, 3.05) is 25.1 Å². The molecule has 0 spiro atoms. The van der Waals surface area contributed by atoms with E-state index >= 15 is 0 Å². The number of hydrogen-bond acceptors (Lipinski definition) is 5. The van der Waals surface area contributed by atoms with Crippen LogP contribution in [0.5, 0.6) is 5.75 Å². The molecule has 2 heterocycles. The Morgan fingerprint density at radius 2 is 1.93 bits per heavy atom. The van der Waals surface area contributed by atoms with Crippen LogP contribution >= 0.6 is 0 Å². The summed E-state index contributed by atoms with van der Waals surface area (Å²) in [5, 5.41) is 0. The maximum absolute atomic E-state index is 12.8. The maximum atomic E-state index is 12.8. The molecule has 0 atom stereocenters. The molecule has 0 radical (unpaired) electrons. The van der Waals surface area contributed by atoms with E-state index in [-0.39, 0.29) is 29.6 Å². The number of ether oxygens (including phenoxy) is 1. The summed E-state index contributed by atoms with van der Waals surface area (Å²) in [5.41, 5.74) is -0.0272. The van der Waals surface area contributed by atoms with Crippen molar-refractivity contribution in [3.63, 3.8) is 0 Å². The highest BCUT2D eigenvalue weighted by molar-refractivity contribution is 7.89. The summed E-state index contributed by atoms with van der Waals surface area (Å²) in [7, 11) is -2.44. The summed E-state index contributed by atoms with van der Waals surface area (Å²) in [6.07, 6.45) is -3.36. The van der Waals surface area contributed by atoms with Crippen LogP contribution in [0.4, 0.5) is 19.0 Å². The van der Waals surface area contributed by atoms with Crippen molar-refractivity contribution in [2.24, 2.45) is 0 Å². The monoisotopic (exact) mass is 401 g/mol. The van der Waals surface area contributed by atoms with Gasteiger partial charge in [0.05, 0.1) is 18.7 Å². The molecule has 0 amide bonds. The largest absolute Gasteiger partial charge is 0.495 e. The summed E-state index contributed by atoms with van der Waals surface area (Å²) in [5.74, 6) is 0.386. The van der Waals surface area contributed by atoms with Gasteiger partial charge in [-0.1, -0.05) is 6.07 Å². The van der Waals surface area contributed by atoms with Crippen molar-refractivity contribution >= 4 is 15.8 Å². The highest BCUT2D eigenvalue weighted by Crippen LogP contribution is 2.32. The number of pyridine rings is 1. The topological polar surface area (TPSA) is 71.5 Å². The first-order chi connectivity index (χ1) is 12.6. The molecule has 1 aliphatic heterocycles. The van der Waals surface area contributed by atoms with E-state index in [2.05, 4.69) is 9.71 Å². The highest BCUT2D eigenvalue weighted by Gasteiger charge is 2.35. The summed E-state index contributed by atoms with van der Waals surface area (Å²) < 4.78 is 71.3. The number of hydrogen-bond donors (Lipinski definition) is 1. The second kappa shape index (κ2) is 7.01. The van der Waals surface area contributed by atoms with Crippen LogP contribution in [-0.2, 0) is 16.2 Å². The molecular formula is C17H18F3N3O3S. The molecule has 1 aromatic carbocycles. The van der Waals surface area contributed by atoms with Crippen molar-refractivity contribution in [1.82, 2.24) is 9.71 Å². The molecule has 10 heteroatoms. The zero-order chi connectivity index (χ0) is 19.8. The third-order valence-electron chi connectivity index (χ3n) is 4.21. The first-order valence-corrected chi connectivity index (χ1v) is 9.53. The fraction of sp³-hybridized carbons (Fsp3) is 0.353. The average Bonchev–Trinajstić information content (AvgIpc) is 2.57. The van der Waals surface area contributed by atoms with E-state index in [0.717, 1.165) is 23.9 Å². The number of sulfonamides is 1. The van der Waals surface area contributed by atoms with Crippen LogP contribution in [0.3, 0.4) is 0 Å². The van der Waals surface area contributed by atoms with Crippen molar-refractivity contribution < 1.29 is 26.3 Å². The Balaban J connectivity index is 1.70. The van der Waals surface area contributed by atoms with Gasteiger partial charge < -0.3 is 9.64 Å². The maximum Gasteiger partial charge on any atom is 0.416 e. The summed E-state index contributed by atoms with van der Waals surface area (Å²) in [6, 6.07) is 6.23. The standard InChI is InChI=1S/C17H18F3N3O3S/c1-11-3-4-14(26-2)15(7-11)27(24,25)22-13-9-23(10-13)16-8-12(5-6-21-16)17(18,19)20/h3-8,13,22H,9-10H2,1-2H3. The second-order valence-electron chi connectivity index (χ2n) is 6.28. The lowest BCUT2D eigenvalue weighted by Crippen LogP contribution is -2.59. The van der Waals surface area contributed by atoms with Gasteiger partial charge in [-0.2, -0.15) is 13.2 Å². The fourth-order valence-electron chi connectivity index (χ4n) is 2.78. The summed E-state index contributed by atoms with van der Waals surface area (Å²) in [4.78, 5) is 5.54.